The third kappa shape index (κ3) is 11.6. The van der Waals surface area contributed by atoms with Crippen molar-refractivity contribution in [3.05, 3.63) is 0 Å². The van der Waals surface area contributed by atoms with Crippen molar-refractivity contribution in [1.82, 2.24) is 16.0 Å². The fourth-order valence-electron chi connectivity index (χ4n) is 2.23. The predicted octanol–water partition coefficient (Wildman–Crippen LogP) is -4.13. The van der Waals surface area contributed by atoms with E-state index in [0.717, 1.165) is 0 Å². The summed E-state index contributed by atoms with van der Waals surface area (Å²) >= 11 is 0. The first-order chi connectivity index (χ1) is 13.6. The SMILES string of the molecule is NCCCCC(N)C(=O)NC(CO)C(=O)NC(CCC(N)=O)C(=O)NCC(=O)O. The number of carboxylic acids is 1. The maximum absolute atomic E-state index is 12.3. The van der Waals surface area contributed by atoms with Crippen LogP contribution in [0.25, 0.3) is 0 Å². The Morgan fingerprint density at radius 3 is 2.03 bits per heavy atom. The quantitative estimate of drug-likeness (QED) is 0.120. The normalized spacial score (nSPS) is 13.6. The summed E-state index contributed by atoms with van der Waals surface area (Å²) in [6.07, 6.45) is 1.17. The van der Waals surface area contributed by atoms with Gasteiger partial charge < -0.3 is 43.4 Å². The minimum absolute atomic E-state index is 0.197. The van der Waals surface area contributed by atoms with Crippen LogP contribution in [0.4, 0.5) is 0 Å². The van der Waals surface area contributed by atoms with Crippen LogP contribution < -0.4 is 33.2 Å². The summed E-state index contributed by atoms with van der Waals surface area (Å²) in [6.45, 7) is -1.02. The number of carbonyl (C=O) groups is 5. The van der Waals surface area contributed by atoms with E-state index in [1.807, 2.05) is 0 Å². The van der Waals surface area contributed by atoms with Crippen molar-refractivity contribution < 1.29 is 34.2 Å². The molecule has 0 fully saturated rings. The summed E-state index contributed by atoms with van der Waals surface area (Å²) in [5.41, 5.74) is 16.1. The van der Waals surface area contributed by atoms with Crippen molar-refractivity contribution in [1.29, 1.82) is 0 Å². The van der Waals surface area contributed by atoms with Gasteiger partial charge in [0, 0.05) is 6.42 Å². The zero-order chi connectivity index (χ0) is 22.4. The Morgan fingerprint density at radius 2 is 1.52 bits per heavy atom. The Kier molecular flexibility index (Phi) is 12.9. The van der Waals surface area contributed by atoms with E-state index in [1.165, 1.54) is 0 Å². The lowest BCUT2D eigenvalue weighted by molar-refractivity contribution is -0.138. The Bertz CT molecular complexity index is 586. The summed E-state index contributed by atoms with van der Waals surface area (Å²) < 4.78 is 0. The lowest BCUT2D eigenvalue weighted by Crippen LogP contribution is -2.57. The zero-order valence-electron chi connectivity index (χ0n) is 16.1. The molecule has 0 spiro atoms. The second-order valence-electron chi connectivity index (χ2n) is 6.31. The number of hydrogen-bond donors (Lipinski definition) is 8. The van der Waals surface area contributed by atoms with Crippen LogP contribution in [0, 0.1) is 0 Å². The van der Waals surface area contributed by atoms with Gasteiger partial charge in [-0.3, -0.25) is 24.0 Å². The summed E-state index contributed by atoms with van der Waals surface area (Å²) in [5.74, 6) is -4.47. The molecule has 13 nitrogen and oxygen atoms in total. The molecule has 13 heteroatoms. The number of nitrogens with one attached hydrogen (secondary N) is 3. The second kappa shape index (κ2) is 14.3. The van der Waals surface area contributed by atoms with Gasteiger partial charge in [0.15, 0.2) is 0 Å². The third-order valence-corrected chi connectivity index (χ3v) is 3.85. The minimum atomic E-state index is -1.40. The van der Waals surface area contributed by atoms with Crippen LogP contribution in [-0.2, 0) is 24.0 Å². The lowest BCUT2D eigenvalue weighted by Gasteiger charge is -2.22. The van der Waals surface area contributed by atoms with E-state index in [-0.39, 0.29) is 12.8 Å². The van der Waals surface area contributed by atoms with Crippen LogP contribution in [0.3, 0.4) is 0 Å². The van der Waals surface area contributed by atoms with Crippen molar-refractivity contribution in [2.45, 2.75) is 50.2 Å². The molecule has 166 valence electrons. The molecule has 3 unspecified atom stereocenters. The highest BCUT2D eigenvalue weighted by molar-refractivity contribution is 5.94. The van der Waals surface area contributed by atoms with E-state index in [1.54, 1.807) is 0 Å². The molecule has 0 radical (unpaired) electrons. The smallest absolute Gasteiger partial charge is 0.322 e. The number of nitrogens with two attached hydrogens (primary N) is 3. The average Bonchev–Trinajstić information content (AvgIpc) is 2.66. The maximum Gasteiger partial charge on any atom is 0.322 e. The topological polar surface area (TPSA) is 240 Å². The van der Waals surface area contributed by atoms with Crippen LogP contribution in [0.1, 0.15) is 32.1 Å². The molecule has 0 aliphatic rings. The van der Waals surface area contributed by atoms with E-state index >= 15 is 0 Å². The van der Waals surface area contributed by atoms with Gasteiger partial charge in [-0.2, -0.15) is 0 Å². The lowest BCUT2D eigenvalue weighted by atomic mass is 10.1. The predicted molar refractivity (Wildman–Crippen MR) is 101 cm³/mol. The van der Waals surface area contributed by atoms with E-state index in [2.05, 4.69) is 16.0 Å². The molecule has 0 aliphatic heterocycles. The first-order valence-corrected chi connectivity index (χ1v) is 9.07. The molecule has 0 aromatic carbocycles. The molecule has 0 saturated carbocycles. The minimum Gasteiger partial charge on any atom is -0.480 e. The Labute approximate surface area is 167 Å². The van der Waals surface area contributed by atoms with Gasteiger partial charge in [0.1, 0.15) is 18.6 Å². The van der Waals surface area contributed by atoms with Crippen LogP contribution in [-0.4, -0.2) is 77.6 Å². The summed E-state index contributed by atoms with van der Waals surface area (Å²) in [6, 6.07) is -3.60. The highest BCUT2D eigenvalue weighted by Gasteiger charge is 2.28. The van der Waals surface area contributed by atoms with Gasteiger partial charge in [-0.05, 0) is 25.8 Å². The molecule has 0 heterocycles. The molecule has 3 atom stereocenters. The summed E-state index contributed by atoms with van der Waals surface area (Å²) in [4.78, 5) is 58.0. The average molecular weight is 418 g/mol. The molecule has 11 N–H and O–H groups in total. The van der Waals surface area contributed by atoms with Crippen molar-refractivity contribution in [2.24, 2.45) is 17.2 Å². The summed E-state index contributed by atoms with van der Waals surface area (Å²) in [5, 5.41) is 24.6. The van der Waals surface area contributed by atoms with Crippen LogP contribution in [0.2, 0.25) is 0 Å². The molecular formula is C16H30N6O7. The third-order valence-electron chi connectivity index (χ3n) is 3.85. The van der Waals surface area contributed by atoms with Gasteiger partial charge in [0.25, 0.3) is 0 Å². The van der Waals surface area contributed by atoms with Gasteiger partial charge >= 0.3 is 5.97 Å². The van der Waals surface area contributed by atoms with E-state index in [4.69, 9.17) is 22.3 Å². The number of aliphatic hydroxyl groups excluding tert-OH is 1. The van der Waals surface area contributed by atoms with Crippen LogP contribution in [0.15, 0.2) is 0 Å². The molecule has 4 amide bonds. The fourth-order valence-corrected chi connectivity index (χ4v) is 2.23. The molecule has 0 bridgehead atoms. The van der Waals surface area contributed by atoms with Crippen molar-refractivity contribution in [3.8, 4) is 0 Å². The number of carbonyl (C=O) groups excluding carboxylic acids is 4. The molecule has 29 heavy (non-hydrogen) atoms. The number of carboxylic acid groups (broad SMARTS) is 1. The molecule has 0 aromatic rings. The Hall–Kier alpha value is -2.77. The van der Waals surface area contributed by atoms with E-state index in [0.29, 0.717) is 25.8 Å². The number of unbranched alkanes of at least 4 members (excludes halogenated alkanes) is 1. The van der Waals surface area contributed by atoms with Gasteiger partial charge in [-0.25, -0.2) is 0 Å². The molecular weight excluding hydrogens is 388 g/mol. The molecule has 0 aromatic heterocycles. The van der Waals surface area contributed by atoms with Gasteiger partial charge in [0.05, 0.1) is 12.6 Å². The van der Waals surface area contributed by atoms with Gasteiger partial charge in [-0.15, -0.1) is 0 Å². The maximum atomic E-state index is 12.3. The zero-order valence-corrected chi connectivity index (χ0v) is 16.1. The Morgan fingerprint density at radius 1 is 0.897 bits per heavy atom. The molecule has 0 aliphatic carbocycles. The highest BCUT2D eigenvalue weighted by atomic mass is 16.4. The van der Waals surface area contributed by atoms with Crippen molar-refractivity contribution >= 4 is 29.6 Å². The fraction of sp³-hybridized carbons (Fsp3) is 0.688. The second-order valence-corrected chi connectivity index (χ2v) is 6.31. The van der Waals surface area contributed by atoms with Gasteiger partial charge in [-0.1, -0.05) is 6.42 Å². The van der Waals surface area contributed by atoms with E-state index in [9.17, 15) is 29.1 Å². The number of aliphatic carboxylic acids is 1. The number of primary amides is 1. The van der Waals surface area contributed by atoms with E-state index < -0.39 is 60.9 Å². The highest BCUT2D eigenvalue weighted by Crippen LogP contribution is 2.01. The van der Waals surface area contributed by atoms with Gasteiger partial charge in [0.2, 0.25) is 23.6 Å². The molecule has 0 saturated heterocycles. The van der Waals surface area contributed by atoms with Crippen molar-refractivity contribution in [3.63, 3.8) is 0 Å². The van der Waals surface area contributed by atoms with Crippen LogP contribution >= 0.6 is 0 Å². The number of aliphatic hydroxyl groups is 1. The number of hydrogen-bond acceptors (Lipinski definition) is 8. The monoisotopic (exact) mass is 418 g/mol. The van der Waals surface area contributed by atoms with Crippen LogP contribution in [0.5, 0.6) is 0 Å². The number of rotatable bonds is 15. The molecule has 0 rings (SSSR count). The first kappa shape index (κ1) is 26.2. The first-order valence-electron chi connectivity index (χ1n) is 9.07. The Balaban J connectivity index is 4.93. The summed E-state index contributed by atoms with van der Waals surface area (Å²) in [7, 11) is 0. The largest absolute Gasteiger partial charge is 0.480 e. The number of amides is 4. The van der Waals surface area contributed by atoms with Crippen molar-refractivity contribution in [2.75, 3.05) is 19.7 Å². The standard InChI is InChI=1S/C16H30N6O7/c17-6-2-1-3-9(18)14(27)22-11(8-23)16(29)21-10(4-5-12(19)24)15(28)20-7-13(25)26/h9-11,23H,1-8,17-18H2,(H2,19,24)(H,20,28)(H,21,29)(H,22,27)(H,25,26).